The van der Waals surface area contributed by atoms with E-state index in [9.17, 15) is 0 Å². The van der Waals surface area contributed by atoms with Crippen LogP contribution in [-0.2, 0) is 0 Å². The lowest BCUT2D eigenvalue weighted by Crippen LogP contribution is -2.15. The van der Waals surface area contributed by atoms with E-state index < -0.39 is 12.2 Å². The summed E-state index contributed by atoms with van der Waals surface area (Å²) in [6.45, 7) is 2.16. The lowest BCUT2D eigenvalue weighted by atomic mass is 10.1. The highest BCUT2D eigenvalue weighted by molar-refractivity contribution is 4.57. The third kappa shape index (κ3) is 21.6. The summed E-state index contributed by atoms with van der Waals surface area (Å²) in [5, 5.41) is 42.5. The van der Waals surface area contributed by atoms with Gasteiger partial charge in [0.2, 0.25) is 0 Å². The van der Waals surface area contributed by atoms with Crippen LogP contribution in [0.15, 0.2) is 0 Å². The summed E-state index contributed by atoms with van der Waals surface area (Å²) in [5.74, 6) is 0. The first kappa shape index (κ1) is 19.1. The molecule has 0 aromatic carbocycles. The molecule has 0 heterocycles. The Labute approximate surface area is 104 Å². The molecule has 0 fully saturated rings. The lowest BCUT2D eigenvalue weighted by Gasteiger charge is -2.09. The first-order valence-electron chi connectivity index (χ1n) is 6.27. The fourth-order valence-electron chi connectivity index (χ4n) is 1.24. The zero-order chi connectivity index (χ0) is 13.5. The van der Waals surface area contributed by atoms with Crippen LogP contribution in [0.1, 0.15) is 45.4 Å². The summed E-state index contributed by atoms with van der Waals surface area (Å²) in [6, 6.07) is 0. The summed E-state index contributed by atoms with van der Waals surface area (Å²) in [7, 11) is 0. The van der Waals surface area contributed by atoms with Crippen molar-refractivity contribution in [2.75, 3.05) is 19.8 Å². The molecule has 2 unspecified atom stereocenters. The molecule has 0 saturated carbocycles. The second-order valence-corrected chi connectivity index (χ2v) is 4.11. The van der Waals surface area contributed by atoms with E-state index in [4.69, 9.17) is 25.5 Å². The normalized spacial score (nSPS) is 13.8. The fraction of sp³-hybridized carbons (Fsp3) is 1.00. The van der Waals surface area contributed by atoms with Gasteiger partial charge >= 0.3 is 0 Å². The molecule has 0 saturated heterocycles. The van der Waals surface area contributed by atoms with Gasteiger partial charge in [-0.25, -0.2) is 0 Å². The second-order valence-electron chi connectivity index (χ2n) is 4.11. The number of aliphatic hydroxyl groups is 5. The van der Waals surface area contributed by atoms with Crippen molar-refractivity contribution in [2.45, 2.75) is 57.7 Å². The van der Waals surface area contributed by atoms with Crippen LogP contribution in [-0.4, -0.2) is 57.6 Å². The largest absolute Gasteiger partial charge is 0.396 e. The quantitative estimate of drug-likeness (QED) is 0.373. The molecule has 0 aliphatic heterocycles. The first-order chi connectivity index (χ1) is 8.08. The predicted octanol–water partition coefficient (Wildman–Crippen LogP) is 0.0320. The average molecular weight is 252 g/mol. The number of rotatable bonds is 9. The van der Waals surface area contributed by atoms with Crippen molar-refractivity contribution >= 4 is 0 Å². The molecular weight excluding hydrogens is 224 g/mol. The molecule has 0 aromatic heterocycles. The Balaban J connectivity index is 0. The van der Waals surface area contributed by atoms with Gasteiger partial charge in [0, 0.05) is 19.8 Å². The van der Waals surface area contributed by atoms with Gasteiger partial charge in [0.25, 0.3) is 0 Å². The molecular formula is C12H28O5. The molecule has 5 heteroatoms. The highest BCUT2D eigenvalue weighted by atomic mass is 16.3. The van der Waals surface area contributed by atoms with E-state index in [1.54, 1.807) is 6.92 Å². The van der Waals surface area contributed by atoms with Crippen molar-refractivity contribution in [3.8, 4) is 0 Å². The third-order valence-electron chi connectivity index (χ3n) is 2.14. The van der Waals surface area contributed by atoms with E-state index in [1.165, 1.54) is 0 Å². The Kier molecular flexibility index (Phi) is 17.8. The number of hydrogen-bond acceptors (Lipinski definition) is 5. The maximum atomic E-state index is 8.90. The number of hydrogen-bond donors (Lipinski definition) is 5. The number of aliphatic hydroxyl groups excluding tert-OH is 5. The van der Waals surface area contributed by atoms with Crippen LogP contribution in [0.5, 0.6) is 0 Å². The van der Waals surface area contributed by atoms with Crippen molar-refractivity contribution in [3.63, 3.8) is 0 Å². The van der Waals surface area contributed by atoms with E-state index in [2.05, 4.69) is 0 Å². The van der Waals surface area contributed by atoms with Gasteiger partial charge in [-0.15, -0.1) is 0 Å². The molecule has 106 valence electrons. The van der Waals surface area contributed by atoms with Gasteiger partial charge in [-0.2, -0.15) is 0 Å². The first-order valence-corrected chi connectivity index (χ1v) is 6.27. The van der Waals surface area contributed by atoms with Gasteiger partial charge in [-0.1, -0.05) is 12.8 Å². The van der Waals surface area contributed by atoms with Crippen LogP contribution in [0.2, 0.25) is 0 Å². The lowest BCUT2D eigenvalue weighted by molar-refractivity contribution is 0.0722. The minimum absolute atomic E-state index is 0.0200. The zero-order valence-corrected chi connectivity index (χ0v) is 10.8. The van der Waals surface area contributed by atoms with Gasteiger partial charge < -0.3 is 25.5 Å². The SMILES string of the molecule is CC(O)CC(O)CCO.OCCCCCCO. The monoisotopic (exact) mass is 252 g/mol. The van der Waals surface area contributed by atoms with Gasteiger partial charge in [-0.3, -0.25) is 0 Å². The van der Waals surface area contributed by atoms with Gasteiger partial charge in [0.15, 0.2) is 0 Å². The Morgan fingerprint density at radius 1 is 0.765 bits per heavy atom. The molecule has 0 aromatic rings. The summed E-state index contributed by atoms with van der Waals surface area (Å²) < 4.78 is 0. The Morgan fingerprint density at radius 2 is 1.24 bits per heavy atom. The zero-order valence-electron chi connectivity index (χ0n) is 10.8. The molecule has 0 radical (unpaired) electrons. The van der Waals surface area contributed by atoms with E-state index in [1.807, 2.05) is 0 Å². The molecule has 0 amide bonds. The molecule has 0 spiro atoms. The second kappa shape index (κ2) is 15.8. The van der Waals surface area contributed by atoms with E-state index in [-0.39, 0.29) is 19.8 Å². The summed E-state index contributed by atoms with van der Waals surface area (Å²) in [4.78, 5) is 0. The molecule has 17 heavy (non-hydrogen) atoms. The van der Waals surface area contributed by atoms with Crippen molar-refractivity contribution in [1.29, 1.82) is 0 Å². The van der Waals surface area contributed by atoms with Crippen LogP contribution < -0.4 is 0 Å². The molecule has 0 rings (SSSR count). The van der Waals surface area contributed by atoms with Gasteiger partial charge in [0.1, 0.15) is 0 Å². The summed E-state index contributed by atoms with van der Waals surface area (Å²) in [6.07, 6.45) is 3.49. The van der Waals surface area contributed by atoms with Crippen molar-refractivity contribution in [3.05, 3.63) is 0 Å². The van der Waals surface area contributed by atoms with E-state index in [0.717, 1.165) is 25.7 Å². The van der Waals surface area contributed by atoms with Crippen LogP contribution >= 0.6 is 0 Å². The smallest absolute Gasteiger partial charge is 0.0586 e. The van der Waals surface area contributed by atoms with E-state index >= 15 is 0 Å². The maximum absolute atomic E-state index is 8.90. The Morgan fingerprint density at radius 3 is 1.53 bits per heavy atom. The fourth-order valence-corrected chi connectivity index (χ4v) is 1.24. The molecule has 0 aliphatic rings. The highest BCUT2D eigenvalue weighted by Gasteiger charge is 2.05. The van der Waals surface area contributed by atoms with Gasteiger partial charge in [-0.05, 0) is 32.6 Å². The number of unbranched alkanes of at least 4 members (excludes halogenated alkanes) is 3. The standard InChI is InChI=1S/C6H14O3.C6H14O2/c1-5(8)4-6(9)2-3-7;7-5-3-1-2-4-6-8/h5-9H,2-4H2,1H3;7-8H,1-6H2. The summed E-state index contributed by atoms with van der Waals surface area (Å²) >= 11 is 0. The summed E-state index contributed by atoms with van der Waals surface area (Å²) in [5.41, 5.74) is 0. The van der Waals surface area contributed by atoms with Gasteiger partial charge in [0.05, 0.1) is 12.2 Å². The van der Waals surface area contributed by atoms with Crippen molar-refractivity contribution in [1.82, 2.24) is 0 Å². The third-order valence-corrected chi connectivity index (χ3v) is 2.14. The Hall–Kier alpha value is -0.200. The van der Waals surface area contributed by atoms with Crippen LogP contribution in [0.4, 0.5) is 0 Å². The molecule has 2 atom stereocenters. The highest BCUT2D eigenvalue weighted by Crippen LogP contribution is 2.00. The van der Waals surface area contributed by atoms with Crippen LogP contribution in [0.3, 0.4) is 0 Å². The molecule has 5 nitrogen and oxygen atoms in total. The Bertz CT molecular complexity index is 124. The minimum Gasteiger partial charge on any atom is -0.396 e. The van der Waals surface area contributed by atoms with Crippen molar-refractivity contribution in [2.24, 2.45) is 0 Å². The maximum Gasteiger partial charge on any atom is 0.0586 e. The minimum atomic E-state index is -0.560. The molecule has 5 N–H and O–H groups in total. The van der Waals surface area contributed by atoms with Crippen LogP contribution in [0, 0.1) is 0 Å². The van der Waals surface area contributed by atoms with Crippen LogP contribution in [0.25, 0.3) is 0 Å². The average Bonchev–Trinajstić information content (AvgIpc) is 2.25. The predicted molar refractivity (Wildman–Crippen MR) is 66.6 cm³/mol. The topological polar surface area (TPSA) is 101 Å². The van der Waals surface area contributed by atoms with E-state index in [0.29, 0.717) is 12.8 Å². The van der Waals surface area contributed by atoms with Crippen molar-refractivity contribution < 1.29 is 25.5 Å². The molecule has 0 aliphatic carbocycles. The molecule has 0 bridgehead atoms.